The van der Waals surface area contributed by atoms with E-state index in [0.717, 1.165) is 0 Å². The lowest BCUT2D eigenvalue weighted by Gasteiger charge is -2.38. The molecule has 3 atom stereocenters. The van der Waals surface area contributed by atoms with Crippen molar-refractivity contribution in [3.8, 4) is 0 Å². The second-order valence-electron chi connectivity index (χ2n) is 6.64. The molecule has 0 amide bonds. The van der Waals surface area contributed by atoms with Gasteiger partial charge in [-0.2, -0.15) is 11.3 Å². The number of hydrogen-bond donors (Lipinski definition) is 2. The molecule has 1 aromatic heterocycles. The lowest BCUT2D eigenvalue weighted by Crippen LogP contribution is -2.39. The summed E-state index contributed by atoms with van der Waals surface area (Å²) < 4.78 is 13.2. The van der Waals surface area contributed by atoms with Gasteiger partial charge in [-0.3, -0.25) is 9.36 Å². The van der Waals surface area contributed by atoms with E-state index in [4.69, 9.17) is 0 Å². The number of carboxylic acids is 1. The molecule has 0 bridgehead atoms. The summed E-state index contributed by atoms with van der Waals surface area (Å²) in [7, 11) is -3.87. The Morgan fingerprint density at radius 2 is 1.78 bits per heavy atom. The Balaban J connectivity index is 2.62. The zero-order valence-corrected chi connectivity index (χ0v) is 15.1. The quantitative estimate of drug-likeness (QED) is 0.800. The third-order valence-corrected chi connectivity index (χ3v) is 7.58. The van der Waals surface area contributed by atoms with Crippen LogP contribution in [-0.2, 0) is 9.36 Å². The van der Waals surface area contributed by atoms with Crippen LogP contribution in [0.3, 0.4) is 0 Å². The van der Waals surface area contributed by atoms with Crippen molar-refractivity contribution in [2.75, 3.05) is 0 Å². The minimum atomic E-state index is -3.87. The lowest BCUT2D eigenvalue weighted by atomic mass is 9.80. The molecule has 0 radical (unpaired) electrons. The second kappa shape index (κ2) is 6.60. The van der Waals surface area contributed by atoms with E-state index in [1.807, 2.05) is 20.8 Å². The molecular weight excluding hydrogens is 331 g/mol. The molecule has 0 aliphatic rings. The van der Waals surface area contributed by atoms with Crippen LogP contribution in [0.25, 0.3) is 0 Å². The molecule has 1 heterocycles. The van der Waals surface area contributed by atoms with Gasteiger partial charge in [0, 0.05) is 10.7 Å². The van der Waals surface area contributed by atoms with E-state index in [2.05, 4.69) is 0 Å². The van der Waals surface area contributed by atoms with E-state index in [1.54, 1.807) is 47.2 Å². The van der Waals surface area contributed by atoms with Crippen molar-refractivity contribution < 1.29 is 19.4 Å². The van der Waals surface area contributed by atoms with Gasteiger partial charge < -0.3 is 10.00 Å². The van der Waals surface area contributed by atoms with Crippen molar-refractivity contribution in [2.24, 2.45) is 5.41 Å². The number of hydrogen-bond acceptors (Lipinski definition) is 3. The summed E-state index contributed by atoms with van der Waals surface area (Å²) in [5, 5.41) is 13.5. The van der Waals surface area contributed by atoms with Gasteiger partial charge >= 0.3 is 5.97 Å². The Bertz CT molecular complexity index is 704. The maximum Gasteiger partial charge on any atom is 0.311 e. The van der Waals surface area contributed by atoms with Gasteiger partial charge in [0.2, 0.25) is 7.37 Å². The highest BCUT2D eigenvalue weighted by Crippen LogP contribution is 2.58. The van der Waals surface area contributed by atoms with E-state index in [9.17, 15) is 19.4 Å². The first-order valence-corrected chi connectivity index (χ1v) is 9.96. The molecule has 1 aromatic carbocycles. The highest BCUT2D eigenvalue weighted by Gasteiger charge is 2.49. The van der Waals surface area contributed by atoms with Crippen LogP contribution < -0.4 is 5.30 Å². The maximum absolute atomic E-state index is 13.2. The van der Waals surface area contributed by atoms with Crippen LogP contribution in [0.4, 0.5) is 0 Å². The van der Waals surface area contributed by atoms with Crippen LogP contribution in [0.5, 0.6) is 0 Å². The second-order valence-corrected chi connectivity index (χ2v) is 9.74. The standard InChI is InChI=1S/C17H21O4PS/c1-17(2,3)15(22(20,21)13-9-10-23-11-13)14(16(18)19)12-7-5-4-6-8-12/h4-11,14-15H,1-3H3,(H,18,19)(H,20,21). The van der Waals surface area contributed by atoms with Crippen LogP contribution >= 0.6 is 18.7 Å². The monoisotopic (exact) mass is 352 g/mol. The lowest BCUT2D eigenvalue weighted by molar-refractivity contribution is -0.139. The molecule has 0 fully saturated rings. The fraction of sp³-hybridized carbons (Fsp3) is 0.353. The third kappa shape index (κ3) is 3.74. The van der Waals surface area contributed by atoms with Crippen molar-refractivity contribution in [3.63, 3.8) is 0 Å². The Morgan fingerprint density at radius 1 is 1.17 bits per heavy atom. The van der Waals surface area contributed by atoms with Gasteiger partial charge in [0.25, 0.3) is 0 Å². The Kier molecular flexibility index (Phi) is 5.14. The Labute approximate surface area is 140 Å². The van der Waals surface area contributed by atoms with Crippen LogP contribution in [0.2, 0.25) is 0 Å². The van der Waals surface area contributed by atoms with Crippen molar-refractivity contribution in [3.05, 3.63) is 52.7 Å². The molecule has 6 heteroatoms. The van der Waals surface area contributed by atoms with E-state index in [-0.39, 0.29) is 0 Å². The smallest absolute Gasteiger partial charge is 0.311 e. The van der Waals surface area contributed by atoms with E-state index < -0.39 is 30.3 Å². The molecule has 2 aromatic rings. The molecule has 0 spiro atoms. The van der Waals surface area contributed by atoms with Crippen LogP contribution in [0.1, 0.15) is 32.3 Å². The first-order chi connectivity index (χ1) is 10.7. The van der Waals surface area contributed by atoms with Crippen LogP contribution in [0.15, 0.2) is 47.2 Å². The number of thiophene rings is 1. The summed E-state index contributed by atoms with van der Waals surface area (Å²) >= 11 is 1.33. The summed E-state index contributed by atoms with van der Waals surface area (Å²) in [6, 6.07) is 10.3. The molecular formula is C17H21O4PS. The number of benzene rings is 1. The summed E-state index contributed by atoms with van der Waals surface area (Å²) in [6.07, 6.45) is 0. The molecule has 0 saturated heterocycles. The first-order valence-electron chi connectivity index (χ1n) is 7.28. The number of aliphatic carboxylic acids is 1. The van der Waals surface area contributed by atoms with E-state index in [0.29, 0.717) is 10.9 Å². The van der Waals surface area contributed by atoms with Crippen LogP contribution in [-0.4, -0.2) is 21.6 Å². The number of rotatable bonds is 5. The molecule has 2 N–H and O–H groups in total. The highest BCUT2D eigenvalue weighted by atomic mass is 32.1. The van der Waals surface area contributed by atoms with Gasteiger partial charge in [0.1, 0.15) is 0 Å². The van der Waals surface area contributed by atoms with Gasteiger partial charge in [-0.1, -0.05) is 51.1 Å². The Hall–Kier alpha value is -1.42. The molecule has 0 aliphatic carbocycles. The van der Waals surface area contributed by atoms with E-state index in [1.165, 1.54) is 11.3 Å². The average molecular weight is 352 g/mol. The summed E-state index contributed by atoms with van der Waals surface area (Å²) in [6.45, 7) is 5.43. The maximum atomic E-state index is 13.2. The van der Waals surface area contributed by atoms with Crippen molar-refractivity contribution in [2.45, 2.75) is 32.3 Å². The molecule has 0 saturated carbocycles. The van der Waals surface area contributed by atoms with E-state index >= 15 is 0 Å². The van der Waals surface area contributed by atoms with Gasteiger partial charge in [-0.05, 0) is 22.4 Å². The minimum absolute atomic E-state index is 0.324. The number of carbonyl (C=O) groups is 1. The van der Waals surface area contributed by atoms with Crippen molar-refractivity contribution in [1.29, 1.82) is 0 Å². The van der Waals surface area contributed by atoms with Gasteiger partial charge in [-0.15, -0.1) is 0 Å². The largest absolute Gasteiger partial charge is 0.481 e. The van der Waals surface area contributed by atoms with Crippen molar-refractivity contribution >= 4 is 30.0 Å². The zero-order valence-electron chi connectivity index (χ0n) is 13.3. The summed E-state index contributed by atoms with van der Waals surface area (Å²) in [4.78, 5) is 22.8. The molecule has 23 heavy (non-hydrogen) atoms. The summed E-state index contributed by atoms with van der Waals surface area (Å²) in [5.74, 6) is -2.13. The van der Waals surface area contributed by atoms with Crippen LogP contribution in [0, 0.1) is 5.41 Å². The predicted molar refractivity (Wildman–Crippen MR) is 93.8 cm³/mol. The molecule has 124 valence electrons. The highest BCUT2D eigenvalue weighted by molar-refractivity contribution is 7.67. The fourth-order valence-electron chi connectivity index (χ4n) is 2.95. The van der Waals surface area contributed by atoms with Gasteiger partial charge in [0.05, 0.1) is 11.6 Å². The van der Waals surface area contributed by atoms with Gasteiger partial charge in [-0.25, -0.2) is 0 Å². The zero-order chi connectivity index (χ0) is 17.3. The minimum Gasteiger partial charge on any atom is -0.481 e. The fourth-order valence-corrected chi connectivity index (χ4v) is 6.72. The summed E-state index contributed by atoms with van der Waals surface area (Å²) in [5.41, 5.74) is -1.04. The topological polar surface area (TPSA) is 74.6 Å². The molecule has 3 unspecified atom stereocenters. The average Bonchev–Trinajstić information content (AvgIpc) is 2.98. The van der Waals surface area contributed by atoms with Gasteiger partial charge in [0.15, 0.2) is 0 Å². The third-order valence-electron chi connectivity index (χ3n) is 3.88. The SMILES string of the molecule is CC(C)(C)C(C(C(=O)O)c1ccccc1)P(=O)(O)c1ccsc1. The molecule has 4 nitrogen and oxygen atoms in total. The van der Waals surface area contributed by atoms with Crippen molar-refractivity contribution in [1.82, 2.24) is 0 Å². The normalized spacial score (nSPS) is 17.2. The first kappa shape index (κ1) is 17.9. The predicted octanol–water partition coefficient (Wildman–Crippen LogP) is 3.93. The Morgan fingerprint density at radius 3 is 2.22 bits per heavy atom. The molecule has 0 aliphatic heterocycles. The number of carboxylic acid groups (broad SMARTS) is 1. The molecule has 2 rings (SSSR count).